The molecule has 1 aliphatic carbocycles. The highest BCUT2D eigenvalue weighted by Gasteiger charge is 2.53. The number of amides is 1. The SMILES string of the molecule is O=CC(NC(=O)c1ccc(-c2ccc(Cl)nc2)s1)C1CCCC[C@@H]1N1C[C@H](Cl)[C@H]2OCC(=O)[C@H]21. The lowest BCUT2D eigenvalue weighted by molar-refractivity contribution is -0.122. The Morgan fingerprint density at radius 2 is 2.09 bits per heavy atom. The largest absolute Gasteiger partial charge is 0.367 e. The van der Waals surface area contributed by atoms with Gasteiger partial charge in [0.1, 0.15) is 18.0 Å². The van der Waals surface area contributed by atoms with Crippen LogP contribution in [0.4, 0.5) is 0 Å². The van der Waals surface area contributed by atoms with Gasteiger partial charge in [-0.2, -0.15) is 0 Å². The van der Waals surface area contributed by atoms with E-state index in [0.717, 1.165) is 42.4 Å². The van der Waals surface area contributed by atoms with Crippen LogP contribution in [0.1, 0.15) is 35.4 Å². The average Bonchev–Trinajstić information content (AvgIpc) is 3.56. The second-order valence-electron chi connectivity index (χ2n) is 9.08. The highest BCUT2D eigenvalue weighted by atomic mass is 35.5. The molecule has 2 aromatic rings. The molecule has 0 bridgehead atoms. The lowest BCUT2D eigenvalue weighted by Crippen LogP contribution is -2.55. The minimum absolute atomic E-state index is 0.00908. The molecule has 3 aliphatic rings. The normalized spacial score (nSPS) is 30.2. The van der Waals surface area contributed by atoms with Gasteiger partial charge >= 0.3 is 0 Å². The molecule has 0 radical (unpaired) electrons. The zero-order chi connectivity index (χ0) is 23.8. The predicted octanol–water partition coefficient (Wildman–Crippen LogP) is 3.58. The van der Waals surface area contributed by atoms with E-state index in [2.05, 4.69) is 15.2 Å². The van der Waals surface area contributed by atoms with Crippen LogP contribution < -0.4 is 5.32 Å². The van der Waals surface area contributed by atoms with Crippen molar-refractivity contribution in [3.63, 3.8) is 0 Å². The minimum atomic E-state index is -0.647. The van der Waals surface area contributed by atoms with E-state index in [9.17, 15) is 14.4 Å². The van der Waals surface area contributed by atoms with E-state index < -0.39 is 6.04 Å². The maximum Gasteiger partial charge on any atom is 0.261 e. The smallest absolute Gasteiger partial charge is 0.261 e. The number of alkyl halides is 1. The summed E-state index contributed by atoms with van der Waals surface area (Å²) in [5.74, 6) is -0.326. The van der Waals surface area contributed by atoms with Crippen LogP contribution in [0.5, 0.6) is 0 Å². The van der Waals surface area contributed by atoms with Crippen molar-refractivity contribution in [2.24, 2.45) is 5.92 Å². The van der Waals surface area contributed by atoms with Gasteiger partial charge in [0.25, 0.3) is 5.91 Å². The Labute approximate surface area is 211 Å². The molecule has 5 rings (SSSR count). The molecule has 3 fully saturated rings. The number of likely N-dealkylation sites (tertiary alicyclic amines) is 1. The third-order valence-electron chi connectivity index (χ3n) is 7.11. The van der Waals surface area contributed by atoms with Crippen LogP contribution in [0.3, 0.4) is 0 Å². The van der Waals surface area contributed by atoms with Crippen LogP contribution in [0.2, 0.25) is 5.15 Å². The molecule has 34 heavy (non-hydrogen) atoms. The molecule has 2 aromatic heterocycles. The van der Waals surface area contributed by atoms with Crippen LogP contribution >= 0.6 is 34.5 Å². The fraction of sp³-hybridized carbons (Fsp3) is 0.500. The van der Waals surface area contributed by atoms with Crippen molar-refractivity contribution in [3.05, 3.63) is 40.5 Å². The molecule has 1 saturated carbocycles. The number of rotatable bonds is 6. The van der Waals surface area contributed by atoms with E-state index in [0.29, 0.717) is 16.6 Å². The van der Waals surface area contributed by atoms with Gasteiger partial charge in [0.2, 0.25) is 0 Å². The number of Topliss-reactive ketones (excluding diaryl/α,β-unsaturated/α-hetero) is 1. The molecule has 4 heterocycles. The molecule has 6 atom stereocenters. The fourth-order valence-corrected chi connectivity index (χ4v) is 6.93. The summed E-state index contributed by atoms with van der Waals surface area (Å²) < 4.78 is 5.64. The Kier molecular flexibility index (Phi) is 7.04. The molecule has 180 valence electrons. The van der Waals surface area contributed by atoms with E-state index in [1.54, 1.807) is 18.3 Å². The summed E-state index contributed by atoms with van der Waals surface area (Å²) in [6.45, 7) is 0.636. The first-order chi connectivity index (χ1) is 16.5. The van der Waals surface area contributed by atoms with Crippen LogP contribution in [0, 0.1) is 5.92 Å². The van der Waals surface area contributed by atoms with Gasteiger partial charge in [0.05, 0.1) is 28.4 Å². The van der Waals surface area contributed by atoms with Crippen molar-refractivity contribution in [1.29, 1.82) is 0 Å². The van der Waals surface area contributed by atoms with Gasteiger partial charge in [0, 0.05) is 35.1 Å². The zero-order valence-corrected chi connectivity index (χ0v) is 20.7. The van der Waals surface area contributed by atoms with E-state index in [1.165, 1.54) is 11.3 Å². The van der Waals surface area contributed by atoms with Crippen molar-refractivity contribution in [1.82, 2.24) is 15.2 Å². The van der Waals surface area contributed by atoms with Gasteiger partial charge < -0.3 is 14.8 Å². The lowest BCUT2D eigenvalue weighted by atomic mass is 9.78. The van der Waals surface area contributed by atoms with Crippen molar-refractivity contribution in [2.45, 2.75) is 55.3 Å². The number of fused-ring (bicyclic) bond motifs is 1. The number of nitrogens with zero attached hydrogens (tertiary/aromatic N) is 2. The topological polar surface area (TPSA) is 88.6 Å². The van der Waals surface area contributed by atoms with Gasteiger partial charge in [-0.15, -0.1) is 22.9 Å². The second kappa shape index (κ2) is 10.0. The number of pyridine rings is 1. The number of nitrogens with one attached hydrogen (secondary N) is 1. The number of thiophene rings is 1. The van der Waals surface area contributed by atoms with Crippen molar-refractivity contribution in [3.8, 4) is 10.4 Å². The quantitative estimate of drug-likeness (QED) is 0.355. The first-order valence-corrected chi connectivity index (χ1v) is 13.1. The molecular formula is C24H25Cl2N3O4S. The maximum atomic E-state index is 13.1. The molecular weight excluding hydrogens is 497 g/mol. The van der Waals surface area contributed by atoms with E-state index in [-0.39, 0.29) is 47.8 Å². The minimum Gasteiger partial charge on any atom is -0.367 e. The van der Waals surface area contributed by atoms with E-state index >= 15 is 0 Å². The van der Waals surface area contributed by atoms with Crippen molar-refractivity contribution in [2.75, 3.05) is 13.2 Å². The highest BCUT2D eigenvalue weighted by Crippen LogP contribution is 2.39. The first kappa shape index (κ1) is 23.9. The van der Waals surface area contributed by atoms with E-state index in [1.807, 2.05) is 12.1 Å². The third kappa shape index (κ3) is 4.54. The molecule has 0 aromatic carbocycles. The molecule has 7 nitrogen and oxygen atoms in total. The number of halogens is 2. The average molecular weight is 522 g/mol. The predicted molar refractivity (Wildman–Crippen MR) is 131 cm³/mol. The van der Waals surface area contributed by atoms with Crippen LogP contribution in [0.15, 0.2) is 30.5 Å². The number of ketones is 1. The Morgan fingerprint density at radius 3 is 2.85 bits per heavy atom. The number of carbonyl (C=O) groups is 3. The van der Waals surface area contributed by atoms with Crippen molar-refractivity contribution >= 4 is 52.5 Å². The summed E-state index contributed by atoms with van der Waals surface area (Å²) in [5, 5.41) is 3.11. The number of aromatic nitrogens is 1. The molecule has 2 aliphatic heterocycles. The molecule has 2 unspecified atom stereocenters. The number of carbonyl (C=O) groups excluding carboxylic acids is 3. The Bertz CT molecular complexity index is 1080. The summed E-state index contributed by atoms with van der Waals surface area (Å²) in [6.07, 6.45) is 5.85. The summed E-state index contributed by atoms with van der Waals surface area (Å²) in [4.78, 5) is 45.4. The van der Waals surface area contributed by atoms with Gasteiger partial charge in [0.15, 0.2) is 5.78 Å². The van der Waals surface area contributed by atoms with Gasteiger partial charge in [-0.25, -0.2) is 4.98 Å². The van der Waals surface area contributed by atoms with Crippen LogP contribution in [0.25, 0.3) is 10.4 Å². The van der Waals surface area contributed by atoms with Gasteiger partial charge in [-0.05, 0) is 37.1 Å². The number of hydrogen-bond donors (Lipinski definition) is 1. The van der Waals surface area contributed by atoms with Crippen LogP contribution in [-0.2, 0) is 14.3 Å². The van der Waals surface area contributed by atoms with Crippen molar-refractivity contribution < 1.29 is 19.1 Å². The molecule has 1 N–H and O–H groups in total. The van der Waals surface area contributed by atoms with E-state index in [4.69, 9.17) is 27.9 Å². The molecule has 0 spiro atoms. The Morgan fingerprint density at radius 1 is 1.26 bits per heavy atom. The summed E-state index contributed by atoms with van der Waals surface area (Å²) >= 11 is 13.7. The highest BCUT2D eigenvalue weighted by molar-refractivity contribution is 7.17. The lowest BCUT2D eigenvalue weighted by Gasteiger charge is -2.42. The first-order valence-electron chi connectivity index (χ1n) is 11.5. The zero-order valence-electron chi connectivity index (χ0n) is 18.4. The standard InChI is InChI=1S/C24H25Cl2N3O4S/c25-15-10-29(22-18(31)12-33-23(15)22)17-4-2-1-3-14(17)16(11-30)28-24(32)20-7-6-19(34-20)13-5-8-21(26)27-9-13/h5-9,11,14-17,22-23H,1-4,10,12H2,(H,28,32)/t14?,15-,16?,17-,22+,23+/m0/s1. The fourth-order valence-electron chi connectivity index (χ4n) is 5.55. The number of hydrogen-bond acceptors (Lipinski definition) is 7. The number of aldehydes is 1. The monoisotopic (exact) mass is 521 g/mol. The second-order valence-corrected chi connectivity index (χ2v) is 11.1. The Hall–Kier alpha value is -1.84. The van der Waals surface area contributed by atoms with Gasteiger partial charge in [-0.3, -0.25) is 14.5 Å². The summed E-state index contributed by atoms with van der Waals surface area (Å²) in [7, 11) is 0. The summed E-state index contributed by atoms with van der Waals surface area (Å²) in [6, 6.07) is 6.16. The molecule has 10 heteroatoms. The van der Waals surface area contributed by atoms with Crippen LogP contribution in [-0.4, -0.2) is 70.6 Å². The molecule has 2 saturated heterocycles. The summed E-state index contributed by atoms with van der Waals surface area (Å²) in [5.41, 5.74) is 0.871. The molecule has 1 amide bonds. The van der Waals surface area contributed by atoms with Gasteiger partial charge in [-0.1, -0.05) is 24.4 Å². The maximum absolute atomic E-state index is 13.1. The number of ether oxygens (including phenoxy) is 1. The Balaban J connectivity index is 1.32. The third-order valence-corrected chi connectivity index (χ3v) is 8.86.